The number of carbonyl (C=O) groups excluding carboxylic acids is 1. The van der Waals surface area contributed by atoms with Crippen LogP contribution in [0, 0.1) is 5.41 Å². The Morgan fingerprint density at radius 2 is 1.65 bits per heavy atom. The van der Waals surface area contributed by atoms with E-state index in [4.69, 9.17) is 0 Å². The van der Waals surface area contributed by atoms with E-state index in [2.05, 4.69) is 24.5 Å². The van der Waals surface area contributed by atoms with Crippen molar-refractivity contribution in [2.45, 2.75) is 78.8 Å². The van der Waals surface area contributed by atoms with Crippen LogP contribution in [-0.4, -0.2) is 29.2 Å². The Balaban J connectivity index is 4.52. The van der Waals surface area contributed by atoms with Crippen LogP contribution in [0.5, 0.6) is 0 Å². The highest BCUT2D eigenvalue weighted by Gasteiger charge is 2.32. The highest BCUT2D eigenvalue weighted by Crippen LogP contribution is 2.19. The lowest BCUT2D eigenvalue weighted by Crippen LogP contribution is -2.53. The second kappa shape index (κ2) is 8.82. The maximum Gasteiger partial charge on any atom is 0.326 e. The van der Waals surface area contributed by atoms with Gasteiger partial charge in [-0.15, -0.1) is 0 Å². The predicted octanol–water partition coefficient (Wildman–Crippen LogP) is 3.14. The molecule has 0 saturated carbocycles. The van der Waals surface area contributed by atoms with Gasteiger partial charge in [0.05, 0.1) is 0 Å². The Morgan fingerprint density at radius 1 is 1.05 bits per heavy atom. The summed E-state index contributed by atoms with van der Waals surface area (Å²) in [6, 6.07) is -1.16. The van der Waals surface area contributed by atoms with E-state index in [0.717, 1.165) is 32.1 Å². The van der Waals surface area contributed by atoms with E-state index in [-0.39, 0.29) is 12.1 Å². The van der Waals surface area contributed by atoms with Crippen molar-refractivity contribution in [1.82, 2.24) is 10.6 Å². The molecule has 20 heavy (non-hydrogen) atoms. The Kier molecular flexibility index (Phi) is 8.26. The van der Waals surface area contributed by atoms with Gasteiger partial charge in [-0.1, -0.05) is 53.9 Å². The lowest BCUT2D eigenvalue weighted by atomic mass is 9.87. The summed E-state index contributed by atoms with van der Waals surface area (Å²) < 4.78 is 0. The third kappa shape index (κ3) is 7.36. The van der Waals surface area contributed by atoms with Crippen LogP contribution in [0.1, 0.15) is 66.7 Å². The minimum Gasteiger partial charge on any atom is -0.480 e. The van der Waals surface area contributed by atoms with Gasteiger partial charge in [0, 0.05) is 6.04 Å². The largest absolute Gasteiger partial charge is 0.480 e. The van der Waals surface area contributed by atoms with Crippen LogP contribution in [0.4, 0.5) is 4.79 Å². The highest BCUT2D eigenvalue weighted by atomic mass is 16.4. The van der Waals surface area contributed by atoms with Crippen molar-refractivity contribution in [3.8, 4) is 0 Å². The number of carboxylic acid groups (broad SMARTS) is 1. The summed E-state index contributed by atoms with van der Waals surface area (Å²) in [6.07, 6.45) is 5.00. The number of carboxylic acids is 1. The van der Waals surface area contributed by atoms with Crippen LogP contribution in [0.3, 0.4) is 0 Å². The van der Waals surface area contributed by atoms with Crippen molar-refractivity contribution in [2.75, 3.05) is 0 Å². The van der Waals surface area contributed by atoms with E-state index in [1.165, 1.54) is 0 Å². The normalized spacial score (nSPS) is 14.4. The fourth-order valence-electron chi connectivity index (χ4n) is 2.09. The van der Waals surface area contributed by atoms with Crippen LogP contribution in [0.25, 0.3) is 0 Å². The first kappa shape index (κ1) is 18.7. The maximum absolute atomic E-state index is 12.0. The van der Waals surface area contributed by atoms with Gasteiger partial charge in [-0.05, 0) is 18.3 Å². The van der Waals surface area contributed by atoms with Gasteiger partial charge in [-0.2, -0.15) is 0 Å². The van der Waals surface area contributed by atoms with E-state index < -0.39 is 17.4 Å². The van der Waals surface area contributed by atoms with E-state index in [9.17, 15) is 14.7 Å². The molecule has 0 rings (SSSR count). The van der Waals surface area contributed by atoms with Crippen LogP contribution in [0.2, 0.25) is 0 Å². The van der Waals surface area contributed by atoms with Gasteiger partial charge in [-0.25, -0.2) is 9.59 Å². The molecule has 118 valence electrons. The van der Waals surface area contributed by atoms with E-state index in [1.54, 1.807) is 20.8 Å². The molecule has 0 aliphatic heterocycles. The lowest BCUT2D eigenvalue weighted by molar-refractivity contribution is -0.141. The third-order valence-electron chi connectivity index (χ3n) is 3.27. The van der Waals surface area contributed by atoms with Crippen molar-refractivity contribution in [3.63, 3.8) is 0 Å². The van der Waals surface area contributed by atoms with Gasteiger partial charge in [0.15, 0.2) is 0 Å². The second-order valence-electron chi connectivity index (χ2n) is 6.38. The van der Waals surface area contributed by atoms with E-state index in [1.807, 2.05) is 0 Å². The molecule has 2 atom stereocenters. The molecule has 0 aromatic heterocycles. The molecule has 1 unspecified atom stereocenters. The molecule has 5 nitrogen and oxygen atoms in total. The molecule has 0 saturated heterocycles. The zero-order valence-electron chi connectivity index (χ0n) is 13.5. The van der Waals surface area contributed by atoms with Crippen LogP contribution >= 0.6 is 0 Å². The molecule has 0 aliphatic rings. The minimum absolute atomic E-state index is 0.120. The predicted molar refractivity (Wildman–Crippen MR) is 80.8 cm³/mol. The average molecular weight is 286 g/mol. The van der Waals surface area contributed by atoms with Crippen molar-refractivity contribution in [3.05, 3.63) is 0 Å². The Bertz CT molecular complexity index is 311. The van der Waals surface area contributed by atoms with Gasteiger partial charge in [0.25, 0.3) is 0 Å². The molecule has 0 aromatic carbocycles. The quantitative estimate of drug-likeness (QED) is 0.641. The molecular formula is C15H30N2O3. The molecule has 0 fully saturated rings. The monoisotopic (exact) mass is 286 g/mol. The molecule has 0 heterocycles. The first-order valence-corrected chi connectivity index (χ1v) is 7.52. The first-order chi connectivity index (χ1) is 9.22. The molecule has 0 aliphatic carbocycles. The topological polar surface area (TPSA) is 78.4 Å². The van der Waals surface area contributed by atoms with Crippen LogP contribution in [-0.2, 0) is 4.79 Å². The average Bonchev–Trinajstić information content (AvgIpc) is 2.31. The number of nitrogens with one attached hydrogen (secondary N) is 2. The van der Waals surface area contributed by atoms with Crippen molar-refractivity contribution in [2.24, 2.45) is 5.41 Å². The Hall–Kier alpha value is -1.26. The molecule has 2 amide bonds. The third-order valence-corrected chi connectivity index (χ3v) is 3.27. The number of carbonyl (C=O) groups is 2. The smallest absolute Gasteiger partial charge is 0.326 e. The Morgan fingerprint density at radius 3 is 2.05 bits per heavy atom. The summed E-state index contributed by atoms with van der Waals surface area (Å²) in [5.74, 6) is -1.01. The minimum atomic E-state index is -1.01. The maximum atomic E-state index is 12.0. The molecule has 0 aromatic rings. The van der Waals surface area contributed by atoms with Crippen LogP contribution in [0.15, 0.2) is 0 Å². The number of unbranched alkanes of at least 4 members (excludes halogenated alkanes) is 1. The molecule has 0 bridgehead atoms. The molecule has 3 N–H and O–H groups in total. The fraction of sp³-hybridized carbons (Fsp3) is 0.867. The SMILES string of the molecule is CCCCC(CCC)NC(=O)N[C@@H](C(=O)O)C(C)(C)C. The zero-order chi connectivity index (χ0) is 15.8. The number of aliphatic carboxylic acids is 1. The summed E-state index contributed by atoms with van der Waals surface area (Å²) in [5.41, 5.74) is -0.521. The number of amides is 2. The zero-order valence-corrected chi connectivity index (χ0v) is 13.5. The van der Waals surface area contributed by atoms with Gasteiger partial charge in [0.1, 0.15) is 6.04 Å². The van der Waals surface area contributed by atoms with Gasteiger partial charge in [0.2, 0.25) is 0 Å². The lowest BCUT2D eigenvalue weighted by Gasteiger charge is -2.29. The number of urea groups is 1. The first-order valence-electron chi connectivity index (χ1n) is 7.52. The van der Waals surface area contributed by atoms with Gasteiger partial charge in [-0.3, -0.25) is 0 Å². The van der Waals surface area contributed by atoms with E-state index >= 15 is 0 Å². The fourth-order valence-corrected chi connectivity index (χ4v) is 2.09. The molecule has 5 heteroatoms. The van der Waals surface area contributed by atoms with Gasteiger partial charge < -0.3 is 15.7 Å². The Labute approximate surface area is 122 Å². The number of hydrogen-bond donors (Lipinski definition) is 3. The number of hydrogen-bond acceptors (Lipinski definition) is 2. The highest BCUT2D eigenvalue weighted by molar-refractivity contribution is 5.83. The van der Waals surface area contributed by atoms with E-state index in [0.29, 0.717) is 0 Å². The van der Waals surface area contributed by atoms with Crippen molar-refractivity contribution in [1.29, 1.82) is 0 Å². The molecule has 0 spiro atoms. The summed E-state index contributed by atoms with van der Waals surface area (Å²) in [4.78, 5) is 23.2. The standard InChI is InChI=1S/C15H30N2O3/c1-6-8-10-11(9-7-2)16-14(20)17-12(13(18)19)15(3,4)5/h11-12H,6-10H2,1-5H3,(H,18,19)(H2,16,17,20)/t11?,12-/m0/s1. The summed E-state index contributed by atoms with van der Waals surface area (Å²) in [7, 11) is 0. The summed E-state index contributed by atoms with van der Waals surface area (Å²) in [5, 5.41) is 14.7. The number of rotatable bonds is 8. The van der Waals surface area contributed by atoms with Gasteiger partial charge >= 0.3 is 12.0 Å². The van der Waals surface area contributed by atoms with Crippen molar-refractivity contribution >= 4 is 12.0 Å². The molecule has 0 radical (unpaired) electrons. The van der Waals surface area contributed by atoms with Crippen LogP contribution < -0.4 is 10.6 Å². The summed E-state index contributed by atoms with van der Waals surface area (Å²) in [6.45, 7) is 9.59. The second-order valence-corrected chi connectivity index (χ2v) is 6.38. The van der Waals surface area contributed by atoms with Crippen molar-refractivity contribution < 1.29 is 14.7 Å². The molecular weight excluding hydrogens is 256 g/mol. The summed E-state index contributed by atoms with van der Waals surface area (Å²) >= 11 is 0.